The summed E-state index contributed by atoms with van der Waals surface area (Å²) in [6, 6.07) is 9.97. The molecule has 0 atom stereocenters. The first-order valence-electron chi connectivity index (χ1n) is 10.6. The molecule has 1 aromatic carbocycles. The minimum atomic E-state index is -3.98. The molecule has 0 radical (unpaired) electrons. The molecule has 0 saturated carbocycles. The highest BCUT2D eigenvalue weighted by Crippen LogP contribution is 2.37. The molecule has 7 nitrogen and oxygen atoms in total. The molecule has 1 saturated heterocycles. The molecule has 0 unspecified atom stereocenters. The predicted molar refractivity (Wildman–Crippen MR) is 121 cm³/mol. The minimum absolute atomic E-state index is 0.0835. The Hall–Kier alpha value is -2.89. The lowest BCUT2D eigenvalue weighted by atomic mass is 9.95. The van der Waals surface area contributed by atoms with Gasteiger partial charge in [0.1, 0.15) is 12.4 Å². The van der Waals surface area contributed by atoms with Gasteiger partial charge >= 0.3 is 5.97 Å². The fourth-order valence-corrected chi connectivity index (χ4v) is 5.74. The van der Waals surface area contributed by atoms with E-state index in [0.29, 0.717) is 25.4 Å². The molecule has 1 fully saturated rings. The van der Waals surface area contributed by atoms with Gasteiger partial charge in [0.05, 0.1) is 11.5 Å². The van der Waals surface area contributed by atoms with Crippen LogP contribution in [0.2, 0.25) is 0 Å². The van der Waals surface area contributed by atoms with Crippen LogP contribution in [-0.2, 0) is 25.9 Å². The summed E-state index contributed by atoms with van der Waals surface area (Å²) in [6.07, 6.45) is 3.84. The van der Waals surface area contributed by atoms with E-state index in [-0.39, 0.29) is 31.0 Å². The number of aromatic nitrogens is 1. The standard InChI is InChI=1S/C24H28N2O5S/c1-3-5-17-31-21-8-10-22(11-9-21)32(28,29)24(23(27)30-4-2)12-15-26(16-13-24)19-20-7-6-14-25-18-20/h6-11,14,18H,4,12-13,15-17,19H2,1-2H3. The average molecular weight is 457 g/mol. The Balaban J connectivity index is 1.81. The summed E-state index contributed by atoms with van der Waals surface area (Å²) in [4.78, 5) is 19.3. The second-order valence-corrected chi connectivity index (χ2v) is 9.80. The van der Waals surface area contributed by atoms with E-state index in [1.54, 1.807) is 38.4 Å². The zero-order valence-corrected chi connectivity index (χ0v) is 19.2. The molecule has 0 amide bonds. The molecule has 170 valence electrons. The second-order valence-electron chi connectivity index (χ2n) is 7.54. The smallest absolute Gasteiger partial charge is 0.327 e. The highest BCUT2D eigenvalue weighted by Gasteiger charge is 2.54. The third-order valence-corrected chi connectivity index (χ3v) is 8.07. The van der Waals surface area contributed by atoms with Gasteiger partial charge < -0.3 is 9.47 Å². The first-order chi connectivity index (χ1) is 15.4. The predicted octanol–water partition coefficient (Wildman–Crippen LogP) is 2.86. The van der Waals surface area contributed by atoms with Crippen LogP contribution in [0.5, 0.6) is 5.75 Å². The van der Waals surface area contributed by atoms with Crippen LogP contribution >= 0.6 is 0 Å². The lowest BCUT2D eigenvalue weighted by Gasteiger charge is -2.39. The number of pyridine rings is 1. The Morgan fingerprint density at radius 2 is 1.91 bits per heavy atom. The van der Waals surface area contributed by atoms with E-state index in [1.165, 1.54) is 12.1 Å². The SMILES string of the molecule is CC#CCOc1ccc(S(=O)(=O)C2(C(=O)OCC)CCN(Cc3cccnc3)CC2)cc1. The lowest BCUT2D eigenvalue weighted by Crippen LogP contribution is -2.54. The van der Waals surface area contributed by atoms with Crippen LogP contribution in [0.4, 0.5) is 0 Å². The zero-order chi connectivity index (χ0) is 23.0. The molecule has 2 heterocycles. The van der Waals surface area contributed by atoms with Crippen LogP contribution in [-0.4, -0.2) is 55.3 Å². The molecule has 0 aliphatic carbocycles. The van der Waals surface area contributed by atoms with Crippen LogP contribution in [0.15, 0.2) is 53.7 Å². The van der Waals surface area contributed by atoms with Gasteiger partial charge in [-0.1, -0.05) is 12.0 Å². The van der Waals surface area contributed by atoms with E-state index in [4.69, 9.17) is 9.47 Å². The summed E-state index contributed by atoms with van der Waals surface area (Å²) in [5, 5.41) is 0. The number of ether oxygens (including phenoxy) is 2. The molecular formula is C24H28N2O5S. The molecule has 0 spiro atoms. The lowest BCUT2D eigenvalue weighted by molar-refractivity contribution is -0.147. The summed E-state index contributed by atoms with van der Waals surface area (Å²) in [5.41, 5.74) is 1.04. The Kier molecular flexibility index (Phi) is 7.89. The highest BCUT2D eigenvalue weighted by atomic mass is 32.2. The van der Waals surface area contributed by atoms with E-state index in [9.17, 15) is 13.2 Å². The Bertz CT molecular complexity index is 1060. The Morgan fingerprint density at radius 1 is 1.19 bits per heavy atom. The van der Waals surface area contributed by atoms with Crippen molar-refractivity contribution in [3.8, 4) is 17.6 Å². The van der Waals surface area contributed by atoms with Gasteiger partial charge in [0, 0.05) is 32.0 Å². The zero-order valence-electron chi connectivity index (χ0n) is 18.4. The monoisotopic (exact) mass is 456 g/mol. The molecular weight excluding hydrogens is 428 g/mol. The van der Waals surface area contributed by atoms with Gasteiger partial charge in [-0.25, -0.2) is 8.42 Å². The molecule has 1 aliphatic rings. The molecule has 0 bridgehead atoms. The first kappa shape index (κ1) is 23.8. The van der Waals surface area contributed by atoms with Gasteiger partial charge in [-0.2, -0.15) is 0 Å². The maximum Gasteiger partial charge on any atom is 0.327 e. The van der Waals surface area contributed by atoms with Crippen molar-refractivity contribution in [2.24, 2.45) is 0 Å². The fourth-order valence-electron chi connectivity index (χ4n) is 3.80. The average Bonchev–Trinajstić information content (AvgIpc) is 2.81. The molecule has 2 aromatic rings. The third kappa shape index (κ3) is 5.12. The van der Waals surface area contributed by atoms with Gasteiger partial charge in [0.25, 0.3) is 0 Å². The quantitative estimate of drug-likeness (QED) is 0.446. The number of nitrogens with zero attached hydrogens (tertiary/aromatic N) is 2. The van der Waals surface area contributed by atoms with Crippen molar-refractivity contribution in [2.45, 2.75) is 42.9 Å². The van der Waals surface area contributed by atoms with Crippen molar-refractivity contribution in [2.75, 3.05) is 26.3 Å². The maximum absolute atomic E-state index is 13.7. The van der Waals surface area contributed by atoms with Gasteiger partial charge in [-0.15, -0.1) is 5.92 Å². The van der Waals surface area contributed by atoms with E-state index in [1.807, 2.05) is 12.1 Å². The fraction of sp³-hybridized carbons (Fsp3) is 0.417. The topological polar surface area (TPSA) is 85.8 Å². The van der Waals surface area contributed by atoms with Crippen molar-refractivity contribution < 1.29 is 22.7 Å². The summed E-state index contributed by atoms with van der Waals surface area (Å²) < 4.78 is 36.5. The van der Waals surface area contributed by atoms with E-state index in [0.717, 1.165) is 5.56 Å². The highest BCUT2D eigenvalue weighted by molar-refractivity contribution is 7.93. The number of carbonyl (C=O) groups is 1. The van der Waals surface area contributed by atoms with Crippen LogP contribution in [0.3, 0.4) is 0 Å². The van der Waals surface area contributed by atoms with Crippen LogP contribution in [0.25, 0.3) is 0 Å². The summed E-state index contributed by atoms with van der Waals surface area (Å²) in [5.74, 6) is 5.36. The number of hydrogen-bond donors (Lipinski definition) is 0. The number of esters is 1. The first-order valence-corrected chi connectivity index (χ1v) is 12.1. The Morgan fingerprint density at radius 3 is 2.50 bits per heavy atom. The number of hydrogen-bond acceptors (Lipinski definition) is 7. The summed E-state index contributed by atoms with van der Waals surface area (Å²) in [6.45, 7) is 5.33. The number of rotatable bonds is 8. The summed E-state index contributed by atoms with van der Waals surface area (Å²) in [7, 11) is -3.98. The Labute approximate surface area is 189 Å². The van der Waals surface area contributed by atoms with Crippen LogP contribution in [0.1, 0.15) is 32.3 Å². The van der Waals surface area contributed by atoms with E-state index >= 15 is 0 Å². The molecule has 1 aromatic heterocycles. The van der Waals surface area contributed by atoms with Crippen molar-refractivity contribution in [1.82, 2.24) is 9.88 Å². The van der Waals surface area contributed by atoms with Gasteiger partial charge in [-0.05, 0) is 62.6 Å². The number of sulfone groups is 1. The number of carbonyl (C=O) groups excluding carboxylic acids is 1. The maximum atomic E-state index is 13.7. The van der Waals surface area contributed by atoms with Gasteiger partial charge in [-0.3, -0.25) is 14.7 Å². The van der Waals surface area contributed by atoms with E-state index < -0.39 is 20.6 Å². The van der Waals surface area contributed by atoms with E-state index in [2.05, 4.69) is 21.7 Å². The minimum Gasteiger partial charge on any atom is -0.481 e. The number of piperidine rings is 1. The largest absolute Gasteiger partial charge is 0.481 e. The van der Waals surface area contributed by atoms with Gasteiger partial charge in [0.15, 0.2) is 14.6 Å². The van der Waals surface area contributed by atoms with Gasteiger partial charge in [0.2, 0.25) is 0 Å². The molecule has 3 rings (SSSR count). The normalized spacial score (nSPS) is 15.9. The number of likely N-dealkylation sites (tertiary alicyclic amines) is 1. The molecule has 8 heteroatoms. The van der Waals surface area contributed by atoms with Crippen LogP contribution in [0, 0.1) is 11.8 Å². The van der Waals surface area contributed by atoms with Crippen molar-refractivity contribution in [3.63, 3.8) is 0 Å². The van der Waals surface area contributed by atoms with Crippen molar-refractivity contribution >= 4 is 15.8 Å². The van der Waals surface area contributed by atoms with Crippen molar-refractivity contribution in [1.29, 1.82) is 0 Å². The molecule has 1 aliphatic heterocycles. The molecule has 32 heavy (non-hydrogen) atoms. The molecule has 0 N–H and O–H groups in total. The number of benzene rings is 1. The van der Waals surface area contributed by atoms with Crippen molar-refractivity contribution in [3.05, 3.63) is 54.4 Å². The third-order valence-electron chi connectivity index (χ3n) is 5.58. The van der Waals surface area contributed by atoms with Crippen LogP contribution < -0.4 is 4.74 Å². The summed E-state index contributed by atoms with van der Waals surface area (Å²) >= 11 is 0. The second kappa shape index (κ2) is 10.6.